The van der Waals surface area contributed by atoms with Gasteiger partial charge in [-0.2, -0.15) is 0 Å². The van der Waals surface area contributed by atoms with Crippen LogP contribution in [0.5, 0.6) is 0 Å². The first-order valence-corrected chi connectivity index (χ1v) is 8.87. The van der Waals surface area contributed by atoms with Gasteiger partial charge in [0.25, 0.3) is 0 Å². The lowest BCUT2D eigenvalue weighted by Gasteiger charge is -2.35. The van der Waals surface area contributed by atoms with Crippen molar-refractivity contribution in [1.29, 1.82) is 0 Å². The van der Waals surface area contributed by atoms with Crippen LogP contribution >= 0.6 is 0 Å². The van der Waals surface area contributed by atoms with Crippen molar-refractivity contribution in [3.8, 4) is 0 Å². The van der Waals surface area contributed by atoms with Crippen molar-refractivity contribution in [1.82, 2.24) is 14.8 Å². The number of nitrogens with zero attached hydrogens (tertiary/aromatic N) is 4. The lowest BCUT2D eigenvalue weighted by Crippen LogP contribution is -2.50. The molecule has 6 nitrogen and oxygen atoms in total. The van der Waals surface area contributed by atoms with Crippen LogP contribution in [0.15, 0.2) is 24.4 Å². The van der Waals surface area contributed by atoms with E-state index in [9.17, 15) is 9.59 Å². The van der Waals surface area contributed by atoms with Gasteiger partial charge in [-0.1, -0.05) is 19.9 Å². The van der Waals surface area contributed by atoms with E-state index < -0.39 is 0 Å². The summed E-state index contributed by atoms with van der Waals surface area (Å²) in [6.07, 6.45) is 3.61. The lowest BCUT2D eigenvalue weighted by molar-refractivity contribution is -0.140. The molecule has 1 aliphatic rings. The number of carbonyl (C=O) groups is 2. The highest BCUT2D eigenvalue weighted by Gasteiger charge is 2.24. The van der Waals surface area contributed by atoms with Crippen molar-refractivity contribution in [3.05, 3.63) is 24.4 Å². The van der Waals surface area contributed by atoms with Crippen molar-refractivity contribution >= 4 is 17.6 Å². The molecule has 132 valence electrons. The Hall–Kier alpha value is -2.11. The molecule has 1 fully saturated rings. The highest BCUT2D eigenvalue weighted by Crippen LogP contribution is 2.13. The van der Waals surface area contributed by atoms with E-state index in [-0.39, 0.29) is 18.2 Å². The summed E-state index contributed by atoms with van der Waals surface area (Å²) in [7, 11) is 0. The van der Waals surface area contributed by atoms with Gasteiger partial charge in [0, 0.05) is 45.5 Å². The van der Waals surface area contributed by atoms with Gasteiger partial charge in [-0.25, -0.2) is 4.98 Å². The normalized spacial score (nSPS) is 14.6. The van der Waals surface area contributed by atoms with Crippen LogP contribution in [-0.2, 0) is 9.59 Å². The summed E-state index contributed by atoms with van der Waals surface area (Å²) in [4.78, 5) is 34.9. The molecule has 0 spiro atoms. The van der Waals surface area contributed by atoms with E-state index >= 15 is 0 Å². The van der Waals surface area contributed by atoms with E-state index in [1.165, 1.54) is 0 Å². The number of anilines is 1. The largest absolute Gasteiger partial charge is 0.353 e. The molecule has 0 unspecified atom stereocenters. The minimum atomic E-state index is -0.0575. The number of hydrogen-bond donors (Lipinski definition) is 0. The van der Waals surface area contributed by atoms with Crippen LogP contribution in [-0.4, -0.2) is 65.9 Å². The van der Waals surface area contributed by atoms with Gasteiger partial charge in [-0.15, -0.1) is 0 Å². The maximum atomic E-state index is 12.4. The fourth-order valence-electron chi connectivity index (χ4n) is 2.98. The Morgan fingerprint density at radius 3 is 2.29 bits per heavy atom. The fraction of sp³-hybridized carbons (Fsp3) is 0.611. The van der Waals surface area contributed by atoms with Gasteiger partial charge in [0.1, 0.15) is 12.2 Å². The molecular weight excluding hydrogens is 304 g/mol. The van der Waals surface area contributed by atoms with Crippen LogP contribution in [0.25, 0.3) is 0 Å². The van der Waals surface area contributed by atoms with Gasteiger partial charge in [0.15, 0.2) is 0 Å². The smallest absolute Gasteiger partial charge is 0.232 e. The molecule has 0 aromatic carbocycles. The summed E-state index contributed by atoms with van der Waals surface area (Å²) in [6.45, 7) is 8.35. The Morgan fingerprint density at radius 2 is 1.75 bits per heavy atom. The highest BCUT2D eigenvalue weighted by atomic mass is 16.2. The van der Waals surface area contributed by atoms with Crippen LogP contribution in [0.1, 0.15) is 33.1 Å². The Balaban J connectivity index is 1.83. The molecule has 0 aliphatic carbocycles. The number of amides is 2. The SMILES string of the molecule is CCCN(CCC)C(=O)CC(=O)N1CCN(c2ccccn2)CC1. The van der Waals surface area contributed by atoms with Crippen molar-refractivity contribution < 1.29 is 9.59 Å². The van der Waals surface area contributed by atoms with Crippen LogP contribution in [0, 0.1) is 0 Å². The first-order valence-electron chi connectivity index (χ1n) is 8.87. The Kier molecular flexibility index (Phi) is 7.03. The van der Waals surface area contributed by atoms with Gasteiger partial charge in [-0.3, -0.25) is 9.59 Å². The van der Waals surface area contributed by atoms with E-state index in [0.717, 1.165) is 44.8 Å². The number of piperazine rings is 1. The zero-order valence-electron chi connectivity index (χ0n) is 14.8. The fourth-order valence-corrected chi connectivity index (χ4v) is 2.98. The molecule has 0 atom stereocenters. The van der Waals surface area contributed by atoms with E-state index in [4.69, 9.17) is 0 Å². The molecule has 2 rings (SSSR count). The third-order valence-corrected chi connectivity index (χ3v) is 4.25. The lowest BCUT2D eigenvalue weighted by atomic mass is 10.2. The molecule has 1 aromatic rings. The van der Waals surface area contributed by atoms with Gasteiger partial charge in [0.05, 0.1) is 0 Å². The van der Waals surface area contributed by atoms with Gasteiger partial charge in [-0.05, 0) is 25.0 Å². The topological polar surface area (TPSA) is 56.8 Å². The maximum Gasteiger partial charge on any atom is 0.232 e. The molecule has 2 heterocycles. The van der Waals surface area contributed by atoms with Crippen molar-refractivity contribution in [3.63, 3.8) is 0 Å². The number of pyridine rings is 1. The second kappa shape index (κ2) is 9.25. The van der Waals surface area contributed by atoms with Gasteiger partial charge in [0.2, 0.25) is 11.8 Å². The quantitative estimate of drug-likeness (QED) is 0.714. The van der Waals surface area contributed by atoms with Gasteiger partial charge < -0.3 is 14.7 Å². The first kappa shape index (κ1) is 18.2. The van der Waals surface area contributed by atoms with E-state index in [1.807, 2.05) is 23.1 Å². The molecule has 2 amide bonds. The second-order valence-electron chi connectivity index (χ2n) is 6.11. The summed E-state index contributed by atoms with van der Waals surface area (Å²) >= 11 is 0. The molecule has 1 aromatic heterocycles. The maximum absolute atomic E-state index is 12.4. The van der Waals surface area contributed by atoms with Crippen molar-refractivity contribution in [2.24, 2.45) is 0 Å². The van der Waals surface area contributed by atoms with Crippen molar-refractivity contribution in [2.45, 2.75) is 33.1 Å². The van der Waals surface area contributed by atoms with E-state index in [2.05, 4.69) is 23.7 Å². The Bertz CT molecular complexity index is 521. The number of hydrogen-bond acceptors (Lipinski definition) is 4. The predicted octanol–water partition coefficient (Wildman–Crippen LogP) is 1.77. The van der Waals surface area contributed by atoms with Crippen LogP contribution in [0.4, 0.5) is 5.82 Å². The number of carbonyl (C=O) groups excluding carboxylic acids is 2. The third-order valence-electron chi connectivity index (χ3n) is 4.25. The summed E-state index contributed by atoms with van der Waals surface area (Å²) < 4.78 is 0. The van der Waals surface area contributed by atoms with Crippen molar-refractivity contribution in [2.75, 3.05) is 44.2 Å². The minimum absolute atomic E-state index is 0.0103. The van der Waals surface area contributed by atoms with Gasteiger partial charge >= 0.3 is 0 Å². The molecule has 24 heavy (non-hydrogen) atoms. The number of aromatic nitrogens is 1. The molecule has 0 radical (unpaired) electrons. The molecular formula is C18H28N4O2. The molecule has 0 bridgehead atoms. The van der Waals surface area contributed by atoms with Crippen LogP contribution in [0.3, 0.4) is 0 Å². The summed E-state index contributed by atoms with van der Waals surface area (Å²) in [5, 5.41) is 0. The molecule has 1 aliphatic heterocycles. The van der Waals surface area contributed by atoms with Crippen LogP contribution in [0.2, 0.25) is 0 Å². The monoisotopic (exact) mass is 332 g/mol. The average molecular weight is 332 g/mol. The summed E-state index contributed by atoms with van der Waals surface area (Å²) in [5.74, 6) is 0.839. The van der Waals surface area contributed by atoms with E-state index in [1.54, 1.807) is 11.1 Å². The standard InChI is InChI=1S/C18H28N4O2/c1-3-9-21(10-4-2)17(23)15-18(24)22-13-11-20(12-14-22)16-7-5-6-8-19-16/h5-8H,3-4,9-15H2,1-2H3. The Labute approximate surface area is 144 Å². The third kappa shape index (κ3) is 4.94. The zero-order valence-corrected chi connectivity index (χ0v) is 14.8. The Morgan fingerprint density at radius 1 is 1.08 bits per heavy atom. The molecule has 1 saturated heterocycles. The minimum Gasteiger partial charge on any atom is -0.353 e. The second-order valence-corrected chi connectivity index (χ2v) is 6.11. The summed E-state index contributed by atoms with van der Waals surface area (Å²) in [6, 6.07) is 5.84. The number of rotatable bonds is 7. The summed E-state index contributed by atoms with van der Waals surface area (Å²) in [5.41, 5.74) is 0. The molecule has 0 saturated carbocycles. The molecule has 0 N–H and O–H groups in total. The zero-order chi connectivity index (χ0) is 17.4. The predicted molar refractivity (Wildman–Crippen MR) is 94.8 cm³/mol. The average Bonchev–Trinajstić information content (AvgIpc) is 2.62. The van der Waals surface area contributed by atoms with Crippen LogP contribution < -0.4 is 4.90 Å². The van der Waals surface area contributed by atoms with E-state index in [0.29, 0.717) is 13.1 Å². The molecule has 6 heteroatoms. The highest BCUT2D eigenvalue weighted by molar-refractivity contribution is 5.97. The first-order chi connectivity index (χ1) is 11.7.